The number of hydrogen-bond acceptors (Lipinski definition) is 4. The molecule has 1 fully saturated rings. The zero-order chi connectivity index (χ0) is 13.9. The zero-order valence-corrected chi connectivity index (χ0v) is 11.3. The van der Waals surface area contributed by atoms with Gasteiger partial charge < -0.3 is 9.84 Å². The predicted octanol–water partition coefficient (Wildman–Crippen LogP) is 2.36. The molecule has 20 heavy (non-hydrogen) atoms. The first kappa shape index (κ1) is 12.9. The molecule has 2 heterocycles. The van der Waals surface area contributed by atoms with Crippen molar-refractivity contribution in [3.8, 4) is 0 Å². The van der Waals surface area contributed by atoms with Gasteiger partial charge in [0.25, 0.3) is 0 Å². The topological polar surface area (TPSA) is 83.8 Å². The fourth-order valence-electron chi connectivity index (χ4n) is 2.49. The van der Waals surface area contributed by atoms with E-state index in [4.69, 9.17) is 4.52 Å². The smallest absolute Gasteiger partial charge is 0.233 e. The summed E-state index contributed by atoms with van der Waals surface area (Å²) in [6, 6.07) is 3.66. The van der Waals surface area contributed by atoms with Gasteiger partial charge in [-0.1, -0.05) is 5.16 Å². The van der Waals surface area contributed by atoms with E-state index in [2.05, 4.69) is 27.1 Å². The van der Waals surface area contributed by atoms with Crippen molar-refractivity contribution in [1.82, 2.24) is 15.4 Å². The van der Waals surface area contributed by atoms with Crippen LogP contribution < -0.4 is 5.32 Å². The maximum Gasteiger partial charge on any atom is 0.233 e. The van der Waals surface area contributed by atoms with Gasteiger partial charge in [-0.15, -0.1) is 0 Å². The molecule has 2 aromatic rings. The monoisotopic (exact) mass is 273 g/mol. The average Bonchev–Trinajstić information content (AvgIpc) is 3.10. The Bertz CT molecular complexity index is 596. The zero-order valence-electron chi connectivity index (χ0n) is 11.3. The van der Waals surface area contributed by atoms with E-state index in [-0.39, 0.29) is 12.3 Å². The first-order valence-electron chi connectivity index (χ1n) is 6.80. The number of aromatic nitrogens is 3. The molecule has 1 radical (unpaired) electrons. The number of rotatable bonds is 4. The second-order valence-corrected chi connectivity index (χ2v) is 5.17. The van der Waals surface area contributed by atoms with Gasteiger partial charge >= 0.3 is 0 Å². The number of nitrogens with zero attached hydrogens (tertiary/aromatic N) is 2. The molecule has 0 saturated heterocycles. The lowest BCUT2D eigenvalue weighted by Crippen LogP contribution is -2.14. The minimum Gasteiger partial charge on any atom is -0.361 e. The number of carbonyl (C=O) groups is 1. The molecule has 2 aromatic heterocycles. The van der Waals surface area contributed by atoms with Crippen molar-refractivity contribution in [2.75, 3.05) is 5.32 Å². The van der Waals surface area contributed by atoms with Gasteiger partial charge in [0, 0.05) is 23.7 Å². The fourth-order valence-corrected chi connectivity index (χ4v) is 2.49. The van der Waals surface area contributed by atoms with Crippen molar-refractivity contribution in [3.05, 3.63) is 35.7 Å². The Balaban J connectivity index is 1.58. The first-order valence-corrected chi connectivity index (χ1v) is 6.80. The molecule has 0 spiro atoms. The molecule has 0 bridgehead atoms. The van der Waals surface area contributed by atoms with Crippen molar-refractivity contribution >= 4 is 11.7 Å². The minimum atomic E-state index is -0.155. The molecule has 0 unspecified atom stereocenters. The largest absolute Gasteiger partial charge is 0.361 e. The van der Waals surface area contributed by atoms with Gasteiger partial charge in [-0.25, -0.2) is 0 Å². The Labute approximate surface area is 116 Å². The Morgan fingerprint density at radius 2 is 2.45 bits per heavy atom. The molecule has 6 nitrogen and oxygen atoms in total. The average molecular weight is 273 g/mol. The molecular formula is C14H17N4O2. The number of aromatic amines is 1. The highest BCUT2D eigenvalue weighted by molar-refractivity contribution is 5.91. The highest BCUT2D eigenvalue weighted by Crippen LogP contribution is 2.32. The second-order valence-electron chi connectivity index (χ2n) is 5.17. The number of H-pyrrole nitrogens is 1. The third kappa shape index (κ3) is 2.89. The molecular weight excluding hydrogens is 256 g/mol. The van der Waals surface area contributed by atoms with Crippen molar-refractivity contribution < 1.29 is 9.32 Å². The standard InChI is InChI=1S/C14H17N4O2/c1-9-6-11(20-18-9)7-14(19)15-13-8-12(16-17-13)10-4-2-3-5-10/h2,6,8,10H,3-5,7H2,1H3,(H2,15,16,17,19)/t10-/m1/s1. The molecule has 1 aliphatic rings. The van der Waals surface area contributed by atoms with E-state index in [0.717, 1.165) is 30.7 Å². The van der Waals surface area contributed by atoms with Crippen molar-refractivity contribution in [1.29, 1.82) is 0 Å². The van der Waals surface area contributed by atoms with E-state index >= 15 is 0 Å². The first-order chi connectivity index (χ1) is 9.70. The van der Waals surface area contributed by atoms with Crippen molar-refractivity contribution in [2.45, 2.75) is 38.5 Å². The number of hydrogen-bond donors (Lipinski definition) is 2. The molecule has 1 aliphatic carbocycles. The normalized spacial score (nSPS) is 15.7. The third-order valence-corrected chi connectivity index (χ3v) is 3.49. The maximum atomic E-state index is 11.9. The van der Waals surface area contributed by atoms with Crippen LogP contribution in [0.1, 0.15) is 42.3 Å². The van der Waals surface area contributed by atoms with Crippen molar-refractivity contribution in [3.63, 3.8) is 0 Å². The Hall–Kier alpha value is -2.11. The van der Waals surface area contributed by atoms with E-state index in [9.17, 15) is 4.79 Å². The molecule has 0 aromatic carbocycles. The summed E-state index contributed by atoms with van der Waals surface area (Å²) in [6.07, 6.45) is 5.83. The van der Waals surface area contributed by atoms with Crippen molar-refractivity contribution in [2.24, 2.45) is 0 Å². The van der Waals surface area contributed by atoms with Crippen LogP contribution in [0, 0.1) is 13.3 Å². The van der Waals surface area contributed by atoms with E-state index in [1.165, 1.54) is 0 Å². The summed E-state index contributed by atoms with van der Waals surface area (Å²) in [6.45, 7) is 1.82. The summed E-state index contributed by atoms with van der Waals surface area (Å²) < 4.78 is 5.02. The summed E-state index contributed by atoms with van der Waals surface area (Å²) in [4.78, 5) is 11.9. The Morgan fingerprint density at radius 1 is 1.55 bits per heavy atom. The van der Waals surface area contributed by atoms with Gasteiger partial charge in [-0.2, -0.15) is 5.10 Å². The lowest BCUT2D eigenvalue weighted by atomic mass is 10.0. The van der Waals surface area contributed by atoms with Crippen LogP contribution in [0.2, 0.25) is 0 Å². The number of carbonyl (C=O) groups excluding carboxylic acids is 1. The third-order valence-electron chi connectivity index (χ3n) is 3.49. The summed E-state index contributed by atoms with van der Waals surface area (Å²) in [5.41, 5.74) is 1.86. The maximum absolute atomic E-state index is 11.9. The van der Waals surface area contributed by atoms with Crippen LogP contribution in [0.25, 0.3) is 0 Å². The van der Waals surface area contributed by atoms with Crippen LogP contribution in [0.5, 0.6) is 0 Å². The Morgan fingerprint density at radius 3 is 3.15 bits per heavy atom. The second kappa shape index (κ2) is 5.48. The van der Waals surface area contributed by atoms with Crippen LogP contribution in [0.15, 0.2) is 16.7 Å². The minimum absolute atomic E-state index is 0.155. The summed E-state index contributed by atoms with van der Waals surface area (Å²) in [5.74, 6) is 1.47. The van der Waals surface area contributed by atoms with Gasteiger partial charge in [0.05, 0.1) is 12.1 Å². The summed E-state index contributed by atoms with van der Waals surface area (Å²) in [5, 5.41) is 13.6. The summed E-state index contributed by atoms with van der Waals surface area (Å²) in [7, 11) is 0. The van der Waals surface area contributed by atoms with Gasteiger partial charge in [-0.3, -0.25) is 9.89 Å². The lowest BCUT2D eigenvalue weighted by Gasteiger charge is -2.03. The fraction of sp³-hybridized carbons (Fsp3) is 0.429. The molecule has 0 aliphatic heterocycles. The van der Waals surface area contributed by atoms with Crippen LogP contribution in [-0.4, -0.2) is 21.3 Å². The number of amides is 1. The highest BCUT2D eigenvalue weighted by atomic mass is 16.5. The quantitative estimate of drug-likeness (QED) is 0.895. The van der Waals surface area contributed by atoms with Gasteiger partial charge in [0.1, 0.15) is 5.76 Å². The van der Waals surface area contributed by atoms with Gasteiger partial charge in [-0.05, 0) is 32.6 Å². The van der Waals surface area contributed by atoms with Crippen LogP contribution in [0.3, 0.4) is 0 Å². The molecule has 6 heteroatoms. The highest BCUT2D eigenvalue weighted by Gasteiger charge is 2.19. The molecule has 3 rings (SSSR count). The van der Waals surface area contributed by atoms with E-state index in [0.29, 0.717) is 17.5 Å². The van der Waals surface area contributed by atoms with Crippen LogP contribution >= 0.6 is 0 Å². The van der Waals surface area contributed by atoms with E-state index < -0.39 is 0 Å². The Kier molecular flexibility index (Phi) is 3.54. The van der Waals surface area contributed by atoms with Crippen LogP contribution in [0.4, 0.5) is 5.82 Å². The molecule has 105 valence electrons. The molecule has 1 saturated carbocycles. The van der Waals surface area contributed by atoms with E-state index in [1.807, 2.05) is 13.0 Å². The van der Waals surface area contributed by atoms with Gasteiger partial charge in [0.2, 0.25) is 5.91 Å². The molecule has 2 N–H and O–H groups in total. The lowest BCUT2D eigenvalue weighted by molar-refractivity contribution is -0.115. The number of aryl methyl sites for hydroxylation is 1. The number of nitrogens with one attached hydrogen (secondary N) is 2. The van der Waals surface area contributed by atoms with E-state index in [1.54, 1.807) is 6.07 Å². The molecule has 1 amide bonds. The predicted molar refractivity (Wildman–Crippen MR) is 73.1 cm³/mol. The summed E-state index contributed by atoms with van der Waals surface area (Å²) >= 11 is 0. The number of anilines is 1. The van der Waals surface area contributed by atoms with Crippen LogP contribution in [-0.2, 0) is 11.2 Å². The van der Waals surface area contributed by atoms with Gasteiger partial charge in [0.15, 0.2) is 5.82 Å². The molecule has 1 atom stereocenters. The SMILES string of the molecule is Cc1cc(CC(=O)Nc2cc([C@@H]3C[CH]CC3)[nH]n2)on1.